The molecular formula is C26H43N5O5. The number of piperidine rings is 1. The van der Waals surface area contributed by atoms with Crippen LogP contribution in [0.25, 0.3) is 0 Å². The van der Waals surface area contributed by atoms with Gasteiger partial charge in [0, 0.05) is 12.1 Å². The fraction of sp³-hybridized carbons (Fsp3) is 0.808. The molecule has 1 unspecified atom stereocenters. The number of primary amides is 1. The molecule has 202 valence electrons. The number of carbonyl (C=O) groups excluding carboxylic acids is 5. The van der Waals surface area contributed by atoms with Crippen molar-refractivity contribution in [1.82, 2.24) is 20.9 Å². The van der Waals surface area contributed by atoms with Gasteiger partial charge < -0.3 is 26.6 Å². The number of ketones is 1. The summed E-state index contributed by atoms with van der Waals surface area (Å²) in [5.74, 6) is -2.34. The van der Waals surface area contributed by atoms with E-state index in [0.29, 0.717) is 13.0 Å². The first kappa shape index (κ1) is 27.9. The Morgan fingerprint density at radius 2 is 1.58 bits per heavy atom. The Morgan fingerprint density at radius 3 is 2.06 bits per heavy atom. The third kappa shape index (κ3) is 6.00. The minimum absolute atomic E-state index is 0.0734. The fourth-order valence-electron chi connectivity index (χ4n) is 5.48. The van der Waals surface area contributed by atoms with Gasteiger partial charge in [-0.2, -0.15) is 0 Å². The summed E-state index contributed by atoms with van der Waals surface area (Å²) in [7, 11) is 0. The summed E-state index contributed by atoms with van der Waals surface area (Å²) >= 11 is 0. The maximum Gasteiger partial charge on any atom is 0.315 e. The van der Waals surface area contributed by atoms with E-state index in [4.69, 9.17) is 5.73 Å². The number of fused-ring (bicyclic) bond motifs is 1. The lowest BCUT2D eigenvalue weighted by molar-refractivity contribution is -0.145. The first-order valence-corrected chi connectivity index (χ1v) is 12.9. The zero-order valence-corrected chi connectivity index (χ0v) is 22.9. The van der Waals surface area contributed by atoms with E-state index in [2.05, 4.69) is 29.8 Å². The van der Waals surface area contributed by atoms with Crippen LogP contribution in [0.1, 0.15) is 74.7 Å². The van der Waals surface area contributed by atoms with Gasteiger partial charge in [-0.3, -0.25) is 19.2 Å². The number of amides is 5. The maximum absolute atomic E-state index is 13.9. The van der Waals surface area contributed by atoms with Gasteiger partial charge in [0.1, 0.15) is 12.1 Å². The quantitative estimate of drug-likeness (QED) is 0.367. The number of carbonyl (C=O) groups is 5. The maximum atomic E-state index is 13.9. The molecule has 3 rings (SSSR count). The van der Waals surface area contributed by atoms with Gasteiger partial charge in [0.05, 0.1) is 6.04 Å². The molecule has 1 heterocycles. The predicted molar refractivity (Wildman–Crippen MR) is 134 cm³/mol. The van der Waals surface area contributed by atoms with Crippen molar-refractivity contribution in [1.29, 1.82) is 0 Å². The number of likely N-dealkylation sites (tertiary alicyclic amines) is 1. The van der Waals surface area contributed by atoms with Crippen LogP contribution in [-0.2, 0) is 19.2 Å². The van der Waals surface area contributed by atoms with Crippen LogP contribution in [-0.4, -0.2) is 64.6 Å². The average Bonchev–Trinajstić information content (AvgIpc) is 3.55. The van der Waals surface area contributed by atoms with Crippen molar-refractivity contribution in [3.8, 4) is 0 Å². The van der Waals surface area contributed by atoms with E-state index in [1.807, 2.05) is 41.5 Å². The van der Waals surface area contributed by atoms with Crippen molar-refractivity contribution in [2.45, 2.75) is 98.3 Å². The predicted octanol–water partition coefficient (Wildman–Crippen LogP) is 1.32. The molecule has 0 radical (unpaired) electrons. The van der Waals surface area contributed by atoms with E-state index in [1.54, 1.807) is 4.90 Å². The Morgan fingerprint density at radius 1 is 1.00 bits per heavy atom. The molecular weight excluding hydrogens is 462 g/mol. The second-order valence-electron chi connectivity index (χ2n) is 13.5. The molecule has 5 atom stereocenters. The van der Waals surface area contributed by atoms with Crippen molar-refractivity contribution in [2.24, 2.45) is 34.3 Å². The fourth-order valence-corrected chi connectivity index (χ4v) is 5.48. The van der Waals surface area contributed by atoms with Crippen molar-refractivity contribution in [2.75, 3.05) is 6.54 Å². The lowest BCUT2D eigenvalue weighted by Gasteiger charge is -2.38. The van der Waals surface area contributed by atoms with Crippen LogP contribution in [0.2, 0.25) is 0 Å². The first-order valence-electron chi connectivity index (χ1n) is 12.9. The number of nitrogens with one attached hydrogen (secondary N) is 3. The molecule has 1 aliphatic heterocycles. The molecule has 0 spiro atoms. The molecule has 5 N–H and O–H groups in total. The van der Waals surface area contributed by atoms with E-state index >= 15 is 0 Å². The zero-order chi connectivity index (χ0) is 27.4. The molecule has 0 aromatic heterocycles. The Hall–Kier alpha value is -2.65. The van der Waals surface area contributed by atoms with Gasteiger partial charge in [-0.15, -0.1) is 0 Å². The summed E-state index contributed by atoms with van der Waals surface area (Å²) in [6.45, 7) is 15.7. The van der Waals surface area contributed by atoms with Gasteiger partial charge in [0.15, 0.2) is 0 Å². The summed E-state index contributed by atoms with van der Waals surface area (Å²) in [5, 5.41) is 8.40. The average molecular weight is 506 g/mol. The highest BCUT2D eigenvalue weighted by Crippen LogP contribution is 2.65. The largest absolute Gasteiger partial charge is 0.363 e. The van der Waals surface area contributed by atoms with Crippen molar-refractivity contribution in [3.05, 3.63) is 0 Å². The van der Waals surface area contributed by atoms with E-state index in [-0.39, 0.29) is 29.1 Å². The molecule has 10 nitrogen and oxygen atoms in total. The molecule has 0 aromatic rings. The molecule has 2 aliphatic carbocycles. The number of Topliss-reactive ketones (excluding diaryl/α,β-unsaturated/α-hetero) is 1. The van der Waals surface area contributed by atoms with Gasteiger partial charge in [-0.05, 0) is 55.8 Å². The van der Waals surface area contributed by atoms with Crippen LogP contribution in [0.3, 0.4) is 0 Å². The highest BCUT2D eigenvalue weighted by Gasteiger charge is 2.70. The second-order valence-corrected chi connectivity index (χ2v) is 13.5. The molecule has 1 saturated heterocycles. The number of rotatable bonds is 8. The van der Waals surface area contributed by atoms with Crippen LogP contribution in [0.4, 0.5) is 4.79 Å². The lowest BCUT2D eigenvalue weighted by Crippen LogP contribution is -2.62. The molecule has 5 amide bonds. The third-order valence-corrected chi connectivity index (χ3v) is 7.78. The minimum atomic E-state index is -1.08. The van der Waals surface area contributed by atoms with Crippen molar-refractivity contribution in [3.63, 3.8) is 0 Å². The van der Waals surface area contributed by atoms with Crippen molar-refractivity contribution >= 4 is 29.5 Å². The summed E-state index contributed by atoms with van der Waals surface area (Å²) in [4.78, 5) is 65.7. The number of hydrogen-bond acceptors (Lipinski definition) is 5. The Kier molecular flexibility index (Phi) is 7.24. The summed E-state index contributed by atoms with van der Waals surface area (Å²) in [6.07, 6.45) is 2.25. The lowest BCUT2D eigenvalue weighted by atomic mass is 9.85. The van der Waals surface area contributed by atoms with E-state index < -0.39 is 52.7 Å². The van der Waals surface area contributed by atoms with Crippen LogP contribution >= 0.6 is 0 Å². The smallest absolute Gasteiger partial charge is 0.315 e. The standard InChI is InChI=1S/C26H43N5O5/c1-24(2,3)19(29-23(36)30-25(4,5)6)22(35)31-12-14-16(26(14,7)8)17(31)21(34)28-15(11-13-9-10-13)18(32)20(27)33/h13-17,19H,9-12H2,1-8H3,(H2,27,33)(H,28,34)(H2,29,30,36)/t14-,15?,16-,17-,19+/m0/s1. The molecule has 0 bridgehead atoms. The molecule has 36 heavy (non-hydrogen) atoms. The van der Waals surface area contributed by atoms with Crippen LogP contribution < -0.4 is 21.7 Å². The first-order chi connectivity index (χ1) is 16.3. The second kappa shape index (κ2) is 9.34. The molecule has 2 saturated carbocycles. The monoisotopic (exact) mass is 505 g/mol. The zero-order valence-electron chi connectivity index (χ0n) is 22.9. The van der Waals surface area contributed by atoms with Gasteiger partial charge in [0.25, 0.3) is 5.91 Å². The SMILES string of the molecule is CC(C)(C)NC(=O)N[C@H](C(=O)N1C[C@H]2[C@@H]([C@H]1C(=O)NC(CC1CC1)C(=O)C(N)=O)C2(C)C)C(C)(C)C. The van der Waals surface area contributed by atoms with Gasteiger partial charge in [-0.1, -0.05) is 47.5 Å². The molecule has 10 heteroatoms. The van der Waals surface area contributed by atoms with Gasteiger partial charge in [-0.25, -0.2) is 4.79 Å². The normalized spacial score (nSPS) is 26.3. The number of hydrogen-bond donors (Lipinski definition) is 4. The van der Waals surface area contributed by atoms with Crippen LogP contribution in [0.5, 0.6) is 0 Å². The summed E-state index contributed by atoms with van der Waals surface area (Å²) < 4.78 is 0. The summed E-state index contributed by atoms with van der Waals surface area (Å²) in [5.41, 5.74) is 4.01. The Bertz CT molecular complexity index is 943. The molecule has 0 aromatic carbocycles. The number of nitrogens with zero attached hydrogens (tertiary/aromatic N) is 1. The van der Waals surface area contributed by atoms with E-state index in [1.165, 1.54) is 0 Å². The minimum Gasteiger partial charge on any atom is -0.363 e. The van der Waals surface area contributed by atoms with Crippen LogP contribution in [0, 0.1) is 28.6 Å². The van der Waals surface area contributed by atoms with Crippen molar-refractivity contribution < 1.29 is 24.0 Å². The number of urea groups is 1. The number of nitrogens with two attached hydrogens (primary N) is 1. The topological polar surface area (TPSA) is 151 Å². The molecule has 3 fully saturated rings. The van der Waals surface area contributed by atoms with Gasteiger partial charge in [0.2, 0.25) is 17.6 Å². The van der Waals surface area contributed by atoms with Gasteiger partial charge >= 0.3 is 6.03 Å². The van der Waals surface area contributed by atoms with Crippen LogP contribution in [0.15, 0.2) is 0 Å². The summed E-state index contributed by atoms with van der Waals surface area (Å²) in [6, 6.07) is -3.12. The van der Waals surface area contributed by atoms with E-state index in [0.717, 1.165) is 12.8 Å². The Balaban J connectivity index is 1.83. The third-order valence-electron chi connectivity index (χ3n) is 7.78. The highest BCUT2D eigenvalue weighted by molar-refractivity contribution is 6.37. The molecule has 3 aliphatic rings. The Labute approximate surface area is 213 Å². The van der Waals surface area contributed by atoms with E-state index in [9.17, 15) is 24.0 Å². The highest BCUT2D eigenvalue weighted by atomic mass is 16.2.